The van der Waals surface area contributed by atoms with Crippen molar-refractivity contribution in [1.82, 2.24) is 0 Å². The molecule has 1 aromatic carbocycles. The summed E-state index contributed by atoms with van der Waals surface area (Å²) in [6.45, 7) is 6.35. The van der Waals surface area contributed by atoms with Crippen LogP contribution in [0.2, 0.25) is 0 Å². The first-order chi connectivity index (χ1) is 8.45. The van der Waals surface area contributed by atoms with E-state index in [2.05, 4.69) is 45.0 Å². The molecule has 4 atom stereocenters. The normalized spacial score (nSPS) is 26.7. The van der Waals surface area contributed by atoms with Crippen molar-refractivity contribution >= 4 is 0 Å². The molecule has 0 aliphatic heterocycles. The summed E-state index contributed by atoms with van der Waals surface area (Å²) in [4.78, 5) is 0. The molecular formula is C16H24O2. The van der Waals surface area contributed by atoms with Crippen molar-refractivity contribution < 1.29 is 9.84 Å². The second kappa shape index (κ2) is 5.02. The van der Waals surface area contributed by atoms with Gasteiger partial charge in [-0.25, -0.2) is 0 Å². The Morgan fingerprint density at radius 2 is 1.83 bits per heavy atom. The lowest BCUT2D eigenvalue weighted by atomic mass is 9.83. The number of aliphatic hydroxyl groups is 1. The highest BCUT2D eigenvalue weighted by Crippen LogP contribution is 2.51. The molecule has 1 N–H and O–H groups in total. The minimum absolute atomic E-state index is 0.0298. The molecule has 2 rings (SSSR count). The van der Waals surface area contributed by atoms with E-state index in [0.717, 1.165) is 6.42 Å². The lowest BCUT2D eigenvalue weighted by Gasteiger charge is -2.33. The molecule has 1 fully saturated rings. The highest BCUT2D eigenvalue weighted by atomic mass is 16.5. The van der Waals surface area contributed by atoms with Gasteiger partial charge in [0.25, 0.3) is 0 Å². The summed E-state index contributed by atoms with van der Waals surface area (Å²) in [5.74, 6) is 0.845. The monoisotopic (exact) mass is 248 g/mol. The van der Waals surface area contributed by atoms with Gasteiger partial charge in [-0.15, -0.1) is 0 Å². The molecule has 2 heteroatoms. The molecule has 2 nitrogen and oxygen atoms in total. The van der Waals surface area contributed by atoms with Gasteiger partial charge in [0.1, 0.15) is 0 Å². The van der Waals surface area contributed by atoms with Crippen LogP contribution < -0.4 is 0 Å². The Bertz CT molecular complexity index is 380. The molecule has 0 amide bonds. The summed E-state index contributed by atoms with van der Waals surface area (Å²) in [6.07, 6.45) is 0.595. The number of rotatable bonds is 4. The summed E-state index contributed by atoms with van der Waals surface area (Å²) >= 11 is 0. The third kappa shape index (κ3) is 2.76. The zero-order valence-corrected chi connectivity index (χ0v) is 11.8. The molecule has 1 aliphatic rings. The van der Waals surface area contributed by atoms with E-state index < -0.39 is 0 Å². The maximum atomic E-state index is 10.5. The second-order valence-corrected chi connectivity index (χ2v) is 6.43. The number of methoxy groups -OCH3 is 1. The Morgan fingerprint density at radius 3 is 2.33 bits per heavy atom. The van der Waals surface area contributed by atoms with Gasteiger partial charge >= 0.3 is 0 Å². The smallest absolute Gasteiger partial charge is 0.0881 e. The van der Waals surface area contributed by atoms with Crippen LogP contribution in [0.15, 0.2) is 30.3 Å². The lowest BCUT2D eigenvalue weighted by Crippen LogP contribution is -2.40. The number of hydrogen-bond acceptors (Lipinski definition) is 2. The highest BCUT2D eigenvalue weighted by molar-refractivity contribution is 5.26. The van der Waals surface area contributed by atoms with Gasteiger partial charge < -0.3 is 9.84 Å². The molecule has 1 aliphatic carbocycles. The molecular weight excluding hydrogens is 224 g/mol. The van der Waals surface area contributed by atoms with Gasteiger partial charge in [0.05, 0.1) is 12.2 Å². The van der Waals surface area contributed by atoms with Gasteiger partial charge in [-0.3, -0.25) is 0 Å². The zero-order valence-electron chi connectivity index (χ0n) is 11.8. The van der Waals surface area contributed by atoms with Crippen molar-refractivity contribution in [2.24, 2.45) is 11.3 Å². The van der Waals surface area contributed by atoms with Gasteiger partial charge in [0, 0.05) is 7.11 Å². The van der Waals surface area contributed by atoms with E-state index in [4.69, 9.17) is 4.74 Å². The lowest BCUT2D eigenvalue weighted by molar-refractivity contribution is -0.0794. The van der Waals surface area contributed by atoms with Crippen LogP contribution in [0, 0.1) is 11.3 Å². The quantitative estimate of drug-likeness (QED) is 0.886. The van der Waals surface area contributed by atoms with Gasteiger partial charge in [-0.2, -0.15) is 0 Å². The average molecular weight is 248 g/mol. The van der Waals surface area contributed by atoms with E-state index in [1.165, 1.54) is 5.56 Å². The molecule has 1 aromatic rings. The first kappa shape index (κ1) is 13.6. The molecule has 0 spiro atoms. The minimum Gasteiger partial charge on any atom is -0.390 e. The van der Waals surface area contributed by atoms with Gasteiger partial charge in [0.2, 0.25) is 0 Å². The molecule has 4 unspecified atom stereocenters. The first-order valence-electron chi connectivity index (χ1n) is 6.71. The summed E-state index contributed by atoms with van der Waals surface area (Å²) in [5.41, 5.74) is 1.31. The van der Waals surface area contributed by atoms with Crippen LogP contribution in [0.1, 0.15) is 38.7 Å². The van der Waals surface area contributed by atoms with Gasteiger partial charge in [-0.1, -0.05) is 51.1 Å². The molecule has 18 heavy (non-hydrogen) atoms. The van der Waals surface area contributed by atoms with Gasteiger partial charge in [-0.05, 0) is 29.2 Å². The Balaban J connectivity index is 2.03. The Hall–Kier alpha value is -0.860. The summed E-state index contributed by atoms with van der Waals surface area (Å²) < 4.78 is 5.51. The van der Waals surface area contributed by atoms with Crippen molar-refractivity contribution in [3.8, 4) is 0 Å². The Labute approximate surface area is 110 Å². The summed E-state index contributed by atoms with van der Waals surface area (Å²) in [7, 11) is 1.69. The topological polar surface area (TPSA) is 29.5 Å². The van der Waals surface area contributed by atoms with Crippen LogP contribution in [-0.4, -0.2) is 24.4 Å². The van der Waals surface area contributed by atoms with Crippen LogP contribution in [0.4, 0.5) is 0 Å². The molecule has 0 aromatic heterocycles. The molecule has 100 valence electrons. The van der Waals surface area contributed by atoms with E-state index in [-0.39, 0.29) is 17.6 Å². The Morgan fingerprint density at radius 1 is 1.22 bits per heavy atom. The van der Waals surface area contributed by atoms with Crippen molar-refractivity contribution in [3.63, 3.8) is 0 Å². The third-order valence-corrected chi connectivity index (χ3v) is 3.92. The van der Waals surface area contributed by atoms with E-state index in [0.29, 0.717) is 11.8 Å². The maximum absolute atomic E-state index is 10.5. The largest absolute Gasteiger partial charge is 0.390 e. The average Bonchev–Trinajstić information content (AvgIpc) is 3.09. The van der Waals surface area contributed by atoms with E-state index in [9.17, 15) is 5.11 Å². The van der Waals surface area contributed by atoms with Crippen LogP contribution in [-0.2, 0) is 4.74 Å². The second-order valence-electron chi connectivity index (χ2n) is 6.43. The van der Waals surface area contributed by atoms with E-state index in [1.54, 1.807) is 7.11 Å². The fourth-order valence-corrected chi connectivity index (χ4v) is 2.91. The standard InChI is InChI=1S/C16H24O2/c1-16(2,3)15(18-4)14(17)13-10-12(13)11-8-6-5-7-9-11/h5-9,12-15,17H,10H2,1-4H3. The molecule has 0 heterocycles. The van der Waals surface area contributed by atoms with Crippen LogP contribution in [0.3, 0.4) is 0 Å². The van der Waals surface area contributed by atoms with Crippen molar-refractivity contribution in [2.75, 3.05) is 7.11 Å². The predicted molar refractivity (Wildman–Crippen MR) is 73.5 cm³/mol. The number of benzene rings is 1. The highest BCUT2D eigenvalue weighted by Gasteiger charge is 2.48. The SMILES string of the molecule is COC(C(O)C1CC1c1ccccc1)C(C)(C)C. The number of aliphatic hydroxyl groups excluding tert-OH is 1. The number of ether oxygens (including phenoxy) is 1. The fraction of sp³-hybridized carbons (Fsp3) is 0.625. The minimum atomic E-state index is -0.375. The van der Waals surface area contributed by atoms with E-state index >= 15 is 0 Å². The molecule has 0 radical (unpaired) electrons. The van der Waals surface area contributed by atoms with Crippen LogP contribution in [0.25, 0.3) is 0 Å². The molecule has 1 saturated carbocycles. The Kier molecular flexibility index (Phi) is 3.79. The summed E-state index contributed by atoms with van der Waals surface area (Å²) in [6, 6.07) is 10.5. The van der Waals surface area contributed by atoms with Crippen LogP contribution in [0.5, 0.6) is 0 Å². The van der Waals surface area contributed by atoms with E-state index in [1.807, 2.05) is 6.07 Å². The predicted octanol–water partition coefficient (Wildman–Crippen LogP) is 3.21. The maximum Gasteiger partial charge on any atom is 0.0881 e. The van der Waals surface area contributed by atoms with Crippen molar-refractivity contribution in [3.05, 3.63) is 35.9 Å². The summed E-state index contributed by atoms with van der Waals surface area (Å²) in [5, 5.41) is 10.5. The fourth-order valence-electron chi connectivity index (χ4n) is 2.91. The van der Waals surface area contributed by atoms with Crippen molar-refractivity contribution in [2.45, 2.75) is 45.3 Å². The molecule has 0 bridgehead atoms. The number of hydrogen-bond donors (Lipinski definition) is 1. The first-order valence-corrected chi connectivity index (χ1v) is 6.71. The zero-order chi connectivity index (χ0) is 13.3. The van der Waals surface area contributed by atoms with Crippen LogP contribution >= 0.6 is 0 Å². The molecule has 0 saturated heterocycles. The van der Waals surface area contributed by atoms with Crippen molar-refractivity contribution in [1.29, 1.82) is 0 Å². The van der Waals surface area contributed by atoms with Gasteiger partial charge in [0.15, 0.2) is 0 Å². The third-order valence-electron chi connectivity index (χ3n) is 3.92.